The minimum Gasteiger partial charge on any atom is -0.493 e. The molecule has 2 aromatic carbocycles. The summed E-state index contributed by atoms with van der Waals surface area (Å²) >= 11 is 0. The number of pyridine rings is 1. The van der Waals surface area contributed by atoms with Crippen LogP contribution < -0.4 is 20.5 Å². The number of nitrogens with zero attached hydrogens (tertiary/aromatic N) is 3. The van der Waals surface area contributed by atoms with Crippen LogP contribution >= 0.6 is 0 Å². The lowest BCUT2D eigenvalue weighted by Crippen LogP contribution is -2.17. The first kappa shape index (κ1) is 23.5. The maximum absolute atomic E-state index is 12.5. The van der Waals surface area contributed by atoms with E-state index in [1.807, 2.05) is 12.1 Å². The molecule has 4 aromatic rings. The number of nitro benzene ring substituents is 1. The molecule has 0 fully saturated rings. The van der Waals surface area contributed by atoms with Crippen LogP contribution in [0.2, 0.25) is 0 Å². The lowest BCUT2D eigenvalue weighted by molar-refractivity contribution is -0.384. The fraction of sp³-hybridized carbons (Fsp3) is 0.208. The molecule has 0 spiro atoms. The Morgan fingerprint density at radius 3 is 2.69 bits per heavy atom. The Labute approximate surface area is 199 Å². The molecule has 1 amide bonds. The summed E-state index contributed by atoms with van der Waals surface area (Å²) in [5.41, 5.74) is 1.88. The summed E-state index contributed by atoms with van der Waals surface area (Å²) in [6.45, 7) is 0.535. The molecule has 0 aliphatic carbocycles. The van der Waals surface area contributed by atoms with Crippen LogP contribution in [-0.2, 0) is 17.9 Å². The second-order valence-corrected chi connectivity index (χ2v) is 7.59. The Morgan fingerprint density at radius 2 is 1.94 bits per heavy atom. The van der Waals surface area contributed by atoms with Gasteiger partial charge in [0.2, 0.25) is 5.91 Å². The van der Waals surface area contributed by atoms with Crippen molar-refractivity contribution in [3.8, 4) is 11.5 Å². The van der Waals surface area contributed by atoms with Gasteiger partial charge in [-0.25, -0.2) is 4.79 Å². The molecule has 2 heterocycles. The Kier molecular flexibility index (Phi) is 7.05. The van der Waals surface area contributed by atoms with E-state index in [1.165, 1.54) is 29.9 Å². The number of hydrogen-bond donors (Lipinski definition) is 1. The lowest BCUT2D eigenvalue weighted by Gasteiger charge is -2.13. The van der Waals surface area contributed by atoms with E-state index in [1.54, 1.807) is 30.6 Å². The van der Waals surface area contributed by atoms with Gasteiger partial charge in [-0.2, -0.15) is 0 Å². The zero-order valence-electron chi connectivity index (χ0n) is 18.8. The Balaban J connectivity index is 1.36. The van der Waals surface area contributed by atoms with Crippen LogP contribution in [0.4, 0.5) is 11.4 Å². The van der Waals surface area contributed by atoms with E-state index >= 15 is 0 Å². The van der Waals surface area contributed by atoms with Gasteiger partial charge in [-0.15, -0.1) is 0 Å². The van der Waals surface area contributed by atoms with E-state index in [4.69, 9.17) is 13.9 Å². The van der Waals surface area contributed by atoms with Crippen LogP contribution in [0.15, 0.2) is 70.1 Å². The average molecular weight is 478 g/mol. The second kappa shape index (κ2) is 10.5. The molecule has 0 saturated carbocycles. The first-order valence-corrected chi connectivity index (χ1v) is 10.7. The van der Waals surface area contributed by atoms with Gasteiger partial charge in [-0.05, 0) is 42.3 Å². The molecule has 11 nitrogen and oxygen atoms in total. The molecule has 11 heteroatoms. The quantitative estimate of drug-likeness (QED) is 0.267. The highest BCUT2D eigenvalue weighted by molar-refractivity contribution is 5.91. The predicted molar refractivity (Wildman–Crippen MR) is 127 cm³/mol. The molecule has 0 bridgehead atoms. The van der Waals surface area contributed by atoms with E-state index in [0.717, 1.165) is 5.56 Å². The van der Waals surface area contributed by atoms with Crippen LogP contribution in [0.1, 0.15) is 18.4 Å². The van der Waals surface area contributed by atoms with Crippen LogP contribution in [-0.4, -0.2) is 27.5 Å². The minimum absolute atomic E-state index is 0.131. The third-order valence-electron chi connectivity index (χ3n) is 5.24. The molecule has 0 aliphatic heterocycles. The number of non-ortho nitro benzene ring substituents is 1. The molecular formula is C24H22N4O7. The van der Waals surface area contributed by atoms with Crippen LogP contribution in [0.5, 0.6) is 11.5 Å². The number of aryl methyl sites for hydroxylation is 1. The van der Waals surface area contributed by atoms with Gasteiger partial charge < -0.3 is 19.2 Å². The highest BCUT2D eigenvalue weighted by atomic mass is 16.6. The van der Waals surface area contributed by atoms with Crippen LogP contribution in [0.3, 0.4) is 0 Å². The smallest absolute Gasteiger partial charge is 0.419 e. The largest absolute Gasteiger partial charge is 0.493 e. The third kappa shape index (κ3) is 5.64. The Morgan fingerprint density at radius 1 is 1.14 bits per heavy atom. The van der Waals surface area contributed by atoms with Crippen molar-refractivity contribution < 1.29 is 23.6 Å². The fourth-order valence-electron chi connectivity index (χ4n) is 3.51. The number of oxazole rings is 1. The SMILES string of the molecule is COc1ccc(NC(=O)CCCn2c(=O)oc3cc([N+](=O)[O-])ccc32)cc1OCc1ccncc1. The van der Waals surface area contributed by atoms with Gasteiger partial charge in [0.25, 0.3) is 5.69 Å². The molecular weight excluding hydrogens is 456 g/mol. The molecule has 4 rings (SSSR count). The summed E-state index contributed by atoms with van der Waals surface area (Å²) < 4.78 is 17.6. The molecule has 180 valence electrons. The highest BCUT2D eigenvalue weighted by Crippen LogP contribution is 2.31. The zero-order chi connectivity index (χ0) is 24.8. The van der Waals surface area contributed by atoms with Gasteiger partial charge in [-0.1, -0.05) is 0 Å². The number of nitrogens with one attached hydrogen (secondary N) is 1. The number of carbonyl (C=O) groups is 1. The zero-order valence-corrected chi connectivity index (χ0v) is 18.8. The van der Waals surface area contributed by atoms with Crippen LogP contribution in [0, 0.1) is 10.1 Å². The Hall–Kier alpha value is -4.67. The molecule has 0 atom stereocenters. The summed E-state index contributed by atoms with van der Waals surface area (Å²) in [5, 5.41) is 13.7. The number of rotatable bonds is 10. The van der Waals surface area contributed by atoms with E-state index in [9.17, 15) is 19.7 Å². The van der Waals surface area contributed by atoms with Gasteiger partial charge in [-0.3, -0.25) is 24.5 Å². The van der Waals surface area contributed by atoms with Crippen molar-refractivity contribution in [3.05, 3.63) is 87.2 Å². The number of benzene rings is 2. The third-order valence-corrected chi connectivity index (χ3v) is 5.24. The number of ether oxygens (including phenoxy) is 2. The predicted octanol–water partition coefficient (Wildman–Crippen LogP) is 3.90. The van der Waals surface area contributed by atoms with Crippen molar-refractivity contribution in [2.24, 2.45) is 0 Å². The lowest BCUT2D eigenvalue weighted by atomic mass is 10.2. The van der Waals surface area contributed by atoms with Gasteiger partial charge in [0.15, 0.2) is 17.1 Å². The summed E-state index contributed by atoms with van der Waals surface area (Å²) in [4.78, 5) is 38.9. The van der Waals surface area contributed by atoms with Gasteiger partial charge in [0.1, 0.15) is 6.61 Å². The summed E-state index contributed by atoms with van der Waals surface area (Å²) in [6, 6.07) is 12.7. The average Bonchev–Trinajstić information content (AvgIpc) is 3.17. The summed E-state index contributed by atoms with van der Waals surface area (Å²) in [5.74, 6) is 0.134. The van der Waals surface area contributed by atoms with E-state index in [-0.39, 0.29) is 30.1 Å². The maximum atomic E-state index is 12.5. The van der Waals surface area contributed by atoms with Crippen molar-refractivity contribution in [2.45, 2.75) is 26.0 Å². The normalized spacial score (nSPS) is 10.8. The standard InChI is InChI=1S/C24H22N4O7/c1-33-20-7-4-17(13-22(20)34-15-16-8-10-25-11-9-16)26-23(29)3-2-12-27-19-6-5-18(28(31)32)14-21(19)35-24(27)30/h4-11,13-14H,2-3,12,15H2,1H3,(H,26,29). The summed E-state index contributed by atoms with van der Waals surface area (Å²) in [7, 11) is 1.53. The van der Waals surface area contributed by atoms with Gasteiger partial charge >= 0.3 is 5.76 Å². The highest BCUT2D eigenvalue weighted by Gasteiger charge is 2.15. The number of methoxy groups -OCH3 is 1. The fourth-order valence-corrected chi connectivity index (χ4v) is 3.51. The monoisotopic (exact) mass is 478 g/mol. The van der Waals surface area contributed by atoms with Crippen molar-refractivity contribution in [1.29, 1.82) is 0 Å². The van der Waals surface area contributed by atoms with Gasteiger partial charge in [0, 0.05) is 43.2 Å². The first-order chi connectivity index (χ1) is 16.9. The van der Waals surface area contributed by atoms with E-state index in [2.05, 4.69) is 10.3 Å². The van der Waals surface area contributed by atoms with Crippen molar-refractivity contribution in [1.82, 2.24) is 9.55 Å². The number of aromatic nitrogens is 2. The minimum atomic E-state index is -0.632. The molecule has 0 unspecified atom stereocenters. The van der Waals surface area contributed by atoms with Crippen LogP contribution in [0.25, 0.3) is 11.1 Å². The topological polar surface area (TPSA) is 139 Å². The molecule has 0 saturated heterocycles. The number of nitro groups is 1. The first-order valence-electron chi connectivity index (χ1n) is 10.7. The maximum Gasteiger partial charge on any atom is 0.419 e. The molecule has 35 heavy (non-hydrogen) atoms. The number of amides is 1. The second-order valence-electron chi connectivity index (χ2n) is 7.59. The molecule has 0 radical (unpaired) electrons. The number of fused-ring (bicyclic) bond motifs is 1. The van der Waals surface area contributed by atoms with E-state index in [0.29, 0.717) is 35.7 Å². The number of anilines is 1. The van der Waals surface area contributed by atoms with Crippen molar-refractivity contribution >= 4 is 28.4 Å². The van der Waals surface area contributed by atoms with Gasteiger partial charge in [0.05, 0.1) is 23.6 Å². The molecule has 2 aromatic heterocycles. The molecule has 1 N–H and O–H groups in total. The van der Waals surface area contributed by atoms with Crippen molar-refractivity contribution in [2.75, 3.05) is 12.4 Å². The Bertz CT molecular complexity index is 1410. The van der Waals surface area contributed by atoms with Crippen molar-refractivity contribution in [3.63, 3.8) is 0 Å². The number of hydrogen-bond acceptors (Lipinski definition) is 8. The summed E-state index contributed by atoms with van der Waals surface area (Å²) in [6.07, 6.45) is 3.86. The molecule has 0 aliphatic rings. The number of carbonyl (C=O) groups excluding carboxylic acids is 1. The van der Waals surface area contributed by atoms with E-state index < -0.39 is 10.7 Å².